The number of aromatic nitrogens is 4. The van der Waals surface area contributed by atoms with Gasteiger partial charge in [0.05, 0.1) is 16.4 Å². The van der Waals surface area contributed by atoms with E-state index < -0.39 is 0 Å². The smallest absolute Gasteiger partial charge is 0.109 e. The Balaban J connectivity index is 0.00000121. The second-order valence-electron chi connectivity index (χ2n) is 4.55. The van der Waals surface area contributed by atoms with Crippen LogP contribution in [0.25, 0.3) is 17.1 Å². The van der Waals surface area contributed by atoms with E-state index in [1.165, 1.54) is 0 Å². The highest BCUT2D eigenvalue weighted by Gasteiger charge is 2.09. The van der Waals surface area contributed by atoms with Crippen molar-refractivity contribution in [1.82, 2.24) is 19.1 Å². The third-order valence-electron chi connectivity index (χ3n) is 3.15. The maximum absolute atomic E-state index is 6.03. The molecular weight excluding hydrogens is 366 g/mol. The van der Waals surface area contributed by atoms with Gasteiger partial charge in [0.2, 0.25) is 0 Å². The van der Waals surface area contributed by atoms with Gasteiger partial charge in [-0.15, -0.1) is 24.8 Å². The van der Waals surface area contributed by atoms with Crippen molar-refractivity contribution < 1.29 is 0 Å². The molecule has 3 aromatic rings. The van der Waals surface area contributed by atoms with E-state index in [0.29, 0.717) is 10.0 Å². The second-order valence-corrected chi connectivity index (χ2v) is 5.36. The minimum atomic E-state index is 0. The van der Waals surface area contributed by atoms with E-state index in [9.17, 15) is 0 Å². The zero-order valence-electron chi connectivity index (χ0n) is 11.8. The summed E-state index contributed by atoms with van der Waals surface area (Å²) in [5.74, 6) is 0.948. The van der Waals surface area contributed by atoms with Crippen LogP contribution in [-0.4, -0.2) is 19.1 Å². The minimum Gasteiger partial charge on any atom is -0.338 e. The van der Waals surface area contributed by atoms with Gasteiger partial charge in [0.25, 0.3) is 0 Å². The number of halogens is 4. The van der Waals surface area contributed by atoms with E-state index in [2.05, 4.69) is 9.97 Å². The topological polar surface area (TPSA) is 35.6 Å². The lowest BCUT2D eigenvalue weighted by Crippen LogP contribution is -1.89. The molecule has 0 saturated heterocycles. The molecule has 8 heteroatoms. The molecule has 3 rings (SSSR count). The third kappa shape index (κ3) is 3.58. The van der Waals surface area contributed by atoms with E-state index in [-0.39, 0.29) is 24.8 Å². The number of nitrogens with zero attached hydrogens (tertiary/aromatic N) is 4. The summed E-state index contributed by atoms with van der Waals surface area (Å²) in [6, 6.07) is 5.46. The summed E-state index contributed by atoms with van der Waals surface area (Å²) in [6.45, 7) is 1.96. The Labute approximate surface area is 150 Å². The van der Waals surface area contributed by atoms with Crippen molar-refractivity contribution in [3.8, 4) is 17.1 Å². The van der Waals surface area contributed by atoms with Crippen LogP contribution in [0.2, 0.25) is 10.0 Å². The predicted octanol–water partition coefficient (Wildman–Crippen LogP) is 4.73. The van der Waals surface area contributed by atoms with E-state index in [1.54, 1.807) is 18.5 Å². The van der Waals surface area contributed by atoms with Gasteiger partial charge < -0.3 is 9.13 Å². The number of rotatable bonds is 2. The Morgan fingerprint density at radius 3 is 2.32 bits per heavy atom. The maximum Gasteiger partial charge on any atom is 0.109 e. The number of imidazole rings is 2. The fourth-order valence-electron chi connectivity index (χ4n) is 1.92. The van der Waals surface area contributed by atoms with Gasteiger partial charge in [-0.1, -0.05) is 23.2 Å². The minimum absolute atomic E-state index is 0. The van der Waals surface area contributed by atoms with Crippen LogP contribution in [0.5, 0.6) is 0 Å². The summed E-state index contributed by atoms with van der Waals surface area (Å²) < 4.78 is 3.86. The summed E-state index contributed by atoms with van der Waals surface area (Å²) in [6.07, 6.45) is 5.61. The normalized spacial score (nSPS) is 10.0. The molecule has 118 valence electrons. The second kappa shape index (κ2) is 7.38. The molecule has 0 aliphatic heterocycles. The van der Waals surface area contributed by atoms with Gasteiger partial charge in [0.15, 0.2) is 0 Å². The zero-order chi connectivity index (χ0) is 14.3. The van der Waals surface area contributed by atoms with E-state index in [4.69, 9.17) is 23.2 Å². The molecule has 22 heavy (non-hydrogen) atoms. The highest BCUT2D eigenvalue weighted by molar-refractivity contribution is 6.42. The van der Waals surface area contributed by atoms with Crippen molar-refractivity contribution in [3.63, 3.8) is 0 Å². The van der Waals surface area contributed by atoms with Gasteiger partial charge >= 0.3 is 0 Å². The molecule has 0 saturated carbocycles. The van der Waals surface area contributed by atoms with Crippen LogP contribution in [0.1, 0.15) is 5.82 Å². The van der Waals surface area contributed by atoms with Crippen molar-refractivity contribution in [3.05, 3.63) is 52.8 Å². The van der Waals surface area contributed by atoms with Gasteiger partial charge in [-0.25, -0.2) is 9.97 Å². The van der Waals surface area contributed by atoms with Crippen molar-refractivity contribution >= 4 is 48.0 Å². The first kappa shape index (κ1) is 18.8. The summed E-state index contributed by atoms with van der Waals surface area (Å²) >= 11 is 12.0. The van der Waals surface area contributed by atoms with Crippen LogP contribution in [0.15, 0.2) is 36.9 Å². The van der Waals surface area contributed by atoms with Crippen molar-refractivity contribution in [1.29, 1.82) is 0 Å². The molecule has 0 fully saturated rings. The molecule has 2 aromatic heterocycles. The zero-order valence-corrected chi connectivity index (χ0v) is 15.0. The summed E-state index contributed by atoms with van der Waals surface area (Å²) in [4.78, 5) is 8.84. The highest BCUT2D eigenvalue weighted by atomic mass is 35.5. The molecule has 2 heterocycles. The lowest BCUT2D eigenvalue weighted by Gasteiger charge is -2.03. The monoisotopic (exact) mass is 378 g/mol. The van der Waals surface area contributed by atoms with Crippen LogP contribution in [0.4, 0.5) is 0 Å². The van der Waals surface area contributed by atoms with Gasteiger partial charge in [-0.2, -0.15) is 0 Å². The first-order valence-electron chi connectivity index (χ1n) is 6.04. The molecule has 0 N–H and O–H groups in total. The molecule has 1 aromatic carbocycles. The van der Waals surface area contributed by atoms with Crippen molar-refractivity contribution in [2.45, 2.75) is 6.92 Å². The van der Waals surface area contributed by atoms with Crippen LogP contribution >= 0.6 is 48.0 Å². The van der Waals surface area contributed by atoms with Crippen molar-refractivity contribution in [2.24, 2.45) is 7.05 Å². The molecule has 0 atom stereocenters. The summed E-state index contributed by atoms with van der Waals surface area (Å²) in [5.41, 5.74) is 2.58. The van der Waals surface area contributed by atoms with Crippen molar-refractivity contribution in [2.75, 3.05) is 0 Å². The largest absolute Gasteiger partial charge is 0.338 e. The number of aryl methyl sites for hydroxylation is 2. The molecule has 0 aliphatic rings. The molecule has 0 radical (unpaired) electrons. The lowest BCUT2D eigenvalue weighted by molar-refractivity contribution is 0.858. The Morgan fingerprint density at radius 1 is 1.00 bits per heavy atom. The first-order chi connectivity index (χ1) is 9.54. The van der Waals surface area contributed by atoms with E-state index in [0.717, 1.165) is 22.9 Å². The summed E-state index contributed by atoms with van der Waals surface area (Å²) in [7, 11) is 1.96. The molecule has 0 aliphatic carbocycles. The molecule has 0 spiro atoms. The fraction of sp³-hybridized carbons (Fsp3) is 0.143. The molecular formula is C14H14Cl4N4. The third-order valence-corrected chi connectivity index (χ3v) is 3.89. The molecule has 0 bridgehead atoms. The summed E-state index contributed by atoms with van der Waals surface area (Å²) in [5, 5.41) is 1.06. The average molecular weight is 380 g/mol. The van der Waals surface area contributed by atoms with Gasteiger partial charge in [0.1, 0.15) is 17.2 Å². The van der Waals surface area contributed by atoms with Crippen LogP contribution in [-0.2, 0) is 7.05 Å². The van der Waals surface area contributed by atoms with Gasteiger partial charge in [-0.05, 0) is 25.1 Å². The number of hydrogen-bond donors (Lipinski definition) is 0. The average Bonchev–Trinajstić information content (AvgIpc) is 3.01. The van der Waals surface area contributed by atoms with Crippen LogP contribution in [0, 0.1) is 6.92 Å². The van der Waals surface area contributed by atoms with E-state index in [1.807, 2.05) is 41.6 Å². The predicted molar refractivity (Wildman–Crippen MR) is 95.0 cm³/mol. The fourth-order valence-corrected chi connectivity index (χ4v) is 2.22. The van der Waals surface area contributed by atoms with Gasteiger partial charge in [-0.3, -0.25) is 0 Å². The standard InChI is InChI=1S/C14H12Cl2N4.2ClH/c1-9-18-14(6-19(9)2)13-7-20(8-17-13)10-3-4-11(15)12(16)5-10;;/h3-8H,1-2H3;2*1H. The van der Waals surface area contributed by atoms with Crippen LogP contribution < -0.4 is 0 Å². The SMILES string of the molecule is Cc1nc(-c2cn(-c3ccc(Cl)c(Cl)c3)cn2)cn1C.Cl.Cl. The molecule has 4 nitrogen and oxygen atoms in total. The Bertz CT molecular complexity index is 759. The molecule has 0 unspecified atom stereocenters. The van der Waals surface area contributed by atoms with Crippen LogP contribution in [0.3, 0.4) is 0 Å². The first-order valence-corrected chi connectivity index (χ1v) is 6.80. The lowest BCUT2D eigenvalue weighted by atomic mass is 10.3. The quantitative estimate of drug-likeness (QED) is 0.645. The van der Waals surface area contributed by atoms with E-state index >= 15 is 0 Å². The Morgan fingerprint density at radius 2 is 1.73 bits per heavy atom. The number of hydrogen-bond acceptors (Lipinski definition) is 2. The Kier molecular flexibility index (Phi) is 6.32. The Hall–Kier alpha value is -1.20. The van der Waals surface area contributed by atoms with Gasteiger partial charge in [0, 0.05) is 25.1 Å². The highest BCUT2D eigenvalue weighted by Crippen LogP contribution is 2.25. The number of benzene rings is 1. The molecule has 0 amide bonds. The maximum atomic E-state index is 6.03.